The SMILES string of the molecule is CCOC(=O)C1=C(C)N=c2s/c(=C/c3ccc(OCC(=O)O)cc3)c(=O)n2[C@@H]1c1ccc(N(C)C)cc1. The third-order valence-corrected chi connectivity index (χ3v) is 6.77. The highest BCUT2D eigenvalue weighted by atomic mass is 32.1. The van der Waals surface area contributed by atoms with E-state index < -0.39 is 24.6 Å². The Kier molecular flexibility index (Phi) is 7.58. The van der Waals surface area contributed by atoms with Gasteiger partial charge in [-0.2, -0.15) is 0 Å². The molecule has 2 aromatic carbocycles. The number of ether oxygens (including phenoxy) is 2. The highest BCUT2D eigenvalue weighted by Gasteiger charge is 2.33. The van der Waals surface area contributed by atoms with Crippen LogP contribution < -0.4 is 24.5 Å². The van der Waals surface area contributed by atoms with E-state index in [1.165, 1.54) is 11.3 Å². The molecule has 3 aromatic rings. The lowest BCUT2D eigenvalue weighted by molar-refractivity contribution is -0.140. The average molecular weight is 522 g/mol. The minimum atomic E-state index is -1.06. The van der Waals surface area contributed by atoms with Crippen molar-refractivity contribution in [3.05, 3.63) is 90.6 Å². The number of nitrogens with zero attached hydrogens (tertiary/aromatic N) is 3. The second-order valence-electron chi connectivity index (χ2n) is 8.54. The molecule has 0 aliphatic carbocycles. The van der Waals surface area contributed by atoms with E-state index in [0.29, 0.717) is 26.4 Å². The maximum absolute atomic E-state index is 13.7. The largest absolute Gasteiger partial charge is 0.482 e. The Bertz CT molecular complexity index is 1530. The minimum absolute atomic E-state index is 0.207. The van der Waals surface area contributed by atoms with Crippen LogP contribution in [0.2, 0.25) is 0 Å². The van der Waals surface area contributed by atoms with Gasteiger partial charge in [0, 0.05) is 19.8 Å². The number of carbonyl (C=O) groups excluding carboxylic acids is 1. The molecule has 0 bridgehead atoms. The number of fused-ring (bicyclic) bond motifs is 1. The van der Waals surface area contributed by atoms with Gasteiger partial charge < -0.3 is 19.5 Å². The summed E-state index contributed by atoms with van der Waals surface area (Å²) in [4.78, 5) is 44.4. The number of anilines is 1. The van der Waals surface area contributed by atoms with Gasteiger partial charge in [0.15, 0.2) is 11.4 Å². The summed E-state index contributed by atoms with van der Waals surface area (Å²) < 4.78 is 12.5. The van der Waals surface area contributed by atoms with E-state index in [1.54, 1.807) is 48.8 Å². The molecule has 0 fully saturated rings. The molecule has 0 spiro atoms. The fourth-order valence-corrected chi connectivity index (χ4v) is 5.07. The molecule has 2 heterocycles. The molecule has 1 N–H and O–H groups in total. The number of carboxylic acids is 1. The monoisotopic (exact) mass is 521 g/mol. The van der Waals surface area contributed by atoms with E-state index in [9.17, 15) is 14.4 Å². The predicted octanol–water partition coefficient (Wildman–Crippen LogP) is 2.33. The zero-order chi connectivity index (χ0) is 26.7. The van der Waals surface area contributed by atoms with Crippen molar-refractivity contribution in [3.63, 3.8) is 0 Å². The summed E-state index contributed by atoms with van der Waals surface area (Å²) in [5, 5.41) is 8.77. The van der Waals surface area contributed by atoms with Crippen LogP contribution >= 0.6 is 11.3 Å². The standard InChI is InChI=1S/C27H27N3O6S/c1-5-35-26(34)23-16(2)28-27-30(24(23)18-8-10-19(11-9-18)29(3)4)25(33)21(37-27)14-17-6-12-20(13-7-17)36-15-22(31)32/h6-14,24H,5,15H2,1-4H3,(H,31,32)/b21-14+/t24-/m1/s1. The van der Waals surface area contributed by atoms with Gasteiger partial charge in [-0.3, -0.25) is 9.36 Å². The van der Waals surface area contributed by atoms with Gasteiger partial charge in [0.1, 0.15) is 5.75 Å². The van der Waals surface area contributed by atoms with Crippen LogP contribution in [0.3, 0.4) is 0 Å². The van der Waals surface area contributed by atoms with Crippen molar-refractivity contribution in [1.82, 2.24) is 4.57 Å². The van der Waals surface area contributed by atoms with Gasteiger partial charge in [-0.15, -0.1) is 0 Å². The zero-order valence-corrected chi connectivity index (χ0v) is 21.7. The van der Waals surface area contributed by atoms with E-state index >= 15 is 0 Å². The number of rotatable bonds is 8. The Morgan fingerprint density at radius 3 is 2.41 bits per heavy atom. The molecule has 0 amide bonds. The van der Waals surface area contributed by atoms with Crippen LogP contribution in [0.4, 0.5) is 5.69 Å². The van der Waals surface area contributed by atoms with Crippen LogP contribution in [-0.4, -0.2) is 48.9 Å². The zero-order valence-electron chi connectivity index (χ0n) is 20.9. The molecule has 1 aliphatic heterocycles. The Labute approximate surface area is 217 Å². The third-order valence-electron chi connectivity index (χ3n) is 5.78. The predicted molar refractivity (Wildman–Crippen MR) is 141 cm³/mol. The van der Waals surface area contributed by atoms with Gasteiger partial charge in [-0.05, 0) is 55.3 Å². The summed E-state index contributed by atoms with van der Waals surface area (Å²) in [6.45, 7) is 3.26. The molecular formula is C27H27N3O6S. The number of carboxylic acid groups (broad SMARTS) is 1. The maximum atomic E-state index is 13.7. The number of hydrogen-bond acceptors (Lipinski definition) is 8. The van der Waals surface area contributed by atoms with Crippen LogP contribution in [0.1, 0.15) is 31.0 Å². The third kappa shape index (κ3) is 5.49. The van der Waals surface area contributed by atoms with E-state index in [-0.39, 0.29) is 12.2 Å². The maximum Gasteiger partial charge on any atom is 0.341 e. The van der Waals surface area contributed by atoms with Crippen molar-refractivity contribution in [2.75, 3.05) is 32.2 Å². The van der Waals surface area contributed by atoms with Gasteiger partial charge in [0.05, 0.1) is 28.5 Å². The van der Waals surface area contributed by atoms with E-state index in [2.05, 4.69) is 4.99 Å². The van der Waals surface area contributed by atoms with Gasteiger partial charge in [-0.1, -0.05) is 35.6 Å². The van der Waals surface area contributed by atoms with Crippen LogP contribution in [0, 0.1) is 0 Å². The summed E-state index contributed by atoms with van der Waals surface area (Å²) in [5.41, 5.74) is 3.07. The molecule has 192 valence electrons. The van der Waals surface area contributed by atoms with E-state index in [4.69, 9.17) is 14.6 Å². The van der Waals surface area contributed by atoms with E-state index in [1.807, 2.05) is 43.3 Å². The number of allylic oxidation sites excluding steroid dienone is 1. The Balaban J connectivity index is 1.81. The number of aliphatic carboxylic acids is 1. The molecule has 9 nitrogen and oxygen atoms in total. The van der Waals surface area contributed by atoms with Crippen molar-refractivity contribution >= 4 is 35.0 Å². The lowest BCUT2D eigenvalue weighted by Gasteiger charge is -2.25. The summed E-state index contributed by atoms with van der Waals surface area (Å²) >= 11 is 1.24. The minimum Gasteiger partial charge on any atom is -0.482 e. The first kappa shape index (κ1) is 25.9. The van der Waals surface area contributed by atoms with Gasteiger partial charge in [0.2, 0.25) is 0 Å². The molecule has 0 radical (unpaired) electrons. The summed E-state index contributed by atoms with van der Waals surface area (Å²) in [6, 6.07) is 13.8. The summed E-state index contributed by atoms with van der Waals surface area (Å²) in [6.07, 6.45) is 1.74. The van der Waals surface area contributed by atoms with Crippen molar-refractivity contribution in [2.24, 2.45) is 4.99 Å². The number of carbonyl (C=O) groups is 2. The molecule has 4 rings (SSSR count). The smallest absolute Gasteiger partial charge is 0.341 e. The quantitative estimate of drug-likeness (QED) is 0.453. The summed E-state index contributed by atoms with van der Waals surface area (Å²) in [5.74, 6) is -1.15. The van der Waals surface area contributed by atoms with Crippen molar-refractivity contribution < 1.29 is 24.2 Å². The van der Waals surface area contributed by atoms with Crippen LogP contribution in [0.25, 0.3) is 6.08 Å². The van der Waals surface area contributed by atoms with Gasteiger partial charge in [0.25, 0.3) is 5.56 Å². The Morgan fingerprint density at radius 1 is 1.14 bits per heavy atom. The molecule has 0 unspecified atom stereocenters. The second-order valence-corrected chi connectivity index (χ2v) is 9.55. The molecule has 1 aromatic heterocycles. The number of hydrogen-bond donors (Lipinski definition) is 1. The van der Waals surface area contributed by atoms with Crippen molar-refractivity contribution in [2.45, 2.75) is 19.9 Å². The lowest BCUT2D eigenvalue weighted by atomic mass is 9.95. The fourth-order valence-electron chi connectivity index (χ4n) is 4.02. The highest BCUT2D eigenvalue weighted by Crippen LogP contribution is 2.31. The molecule has 0 saturated heterocycles. The first-order chi connectivity index (χ1) is 17.7. The first-order valence-corrected chi connectivity index (χ1v) is 12.4. The number of esters is 1. The first-order valence-electron chi connectivity index (χ1n) is 11.6. The summed E-state index contributed by atoms with van der Waals surface area (Å²) in [7, 11) is 3.88. The Morgan fingerprint density at radius 2 is 1.81 bits per heavy atom. The molecule has 0 saturated carbocycles. The number of aromatic nitrogens is 1. The normalized spacial score (nSPS) is 15.1. The lowest BCUT2D eigenvalue weighted by Crippen LogP contribution is -2.39. The van der Waals surface area contributed by atoms with Gasteiger partial charge >= 0.3 is 11.9 Å². The van der Waals surface area contributed by atoms with Crippen molar-refractivity contribution in [3.8, 4) is 5.75 Å². The molecular weight excluding hydrogens is 494 g/mol. The molecule has 1 atom stereocenters. The Hall–Kier alpha value is -4.18. The van der Waals surface area contributed by atoms with Crippen LogP contribution in [0.15, 0.2) is 69.6 Å². The van der Waals surface area contributed by atoms with Crippen molar-refractivity contribution in [1.29, 1.82) is 0 Å². The molecule has 10 heteroatoms. The average Bonchev–Trinajstić information content (AvgIpc) is 3.17. The second kappa shape index (κ2) is 10.8. The van der Waals surface area contributed by atoms with E-state index in [0.717, 1.165) is 16.8 Å². The topological polar surface area (TPSA) is 110 Å². The van der Waals surface area contributed by atoms with Crippen LogP contribution in [0.5, 0.6) is 5.75 Å². The number of benzene rings is 2. The molecule has 37 heavy (non-hydrogen) atoms. The highest BCUT2D eigenvalue weighted by molar-refractivity contribution is 7.07. The fraction of sp³-hybridized carbons (Fsp3) is 0.259. The molecule has 1 aliphatic rings. The van der Waals surface area contributed by atoms with Gasteiger partial charge in [-0.25, -0.2) is 14.6 Å². The number of thiazole rings is 1. The van der Waals surface area contributed by atoms with Crippen LogP contribution in [-0.2, 0) is 14.3 Å².